The Morgan fingerprint density at radius 2 is 1.88 bits per heavy atom. The molecule has 1 aromatic heterocycles. The number of rotatable bonds is 5. The summed E-state index contributed by atoms with van der Waals surface area (Å²) in [4.78, 5) is 25.2. The molecule has 0 saturated carbocycles. The van der Waals surface area contributed by atoms with Crippen molar-refractivity contribution >= 4 is 17.7 Å². The van der Waals surface area contributed by atoms with E-state index in [0.717, 1.165) is 17.7 Å². The predicted octanol–water partition coefficient (Wildman–Crippen LogP) is 4.14. The van der Waals surface area contributed by atoms with Crippen LogP contribution in [-0.4, -0.2) is 28.6 Å². The molecule has 3 rings (SSSR count). The van der Waals surface area contributed by atoms with Crippen LogP contribution < -0.4 is 5.43 Å². The number of hydrogen-bond donors (Lipinski definition) is 0. The average Bonchev–Trinajstić information content (AvgIpc) is 2.65. The first-order valence-electron chi connectivity index (χ1n) is 9.14. The number of aromatic nitrogens is 1. The Balaban J connectivity index is 2.02. The molecule has 1 aliphatic rings. The number of pyridine rings is 1. The Morgan fingerprint density at radius 1 is 1.19 bits per heavy atom. The van der Waals surface area contributed by atoms with Crippen molar-refractivity contribution in [2.24, 2.45) is 5.92 Å². The van der Waals surface area contributed by atoms with Gasteiger partial charge in [0.1, 0.15) is 5.56 Å². The van der Waals surface area contributed by atoms with E-state index >= 15 is 0 Å². The van der Waals surface area contributed by atoms with Gasteiger partial charge in [-0.05, 0) is 49.7 Å². The summed E-state index contributed by atoms with van der Waals surface area (Å²) in [5.41, 5.74) is 2.38. The Labute approximate surface area is 158 Å². The zero-order valence-electron chi connectivity index (χ0n) is 15.4. The fourth-order valence-corrected chi connectivity index (χ4v) is 4.46. The van der Waals surface area contributed by atoms with Gasteiger partial charge >= 0.3 is 5.97 Å². The zero-order chi connectivity index (χ0) is 18.5. The van der Waals surface area contributed by atoms with Gasteiger partial charge in [-0.3, -0.25) is 4.79 Å². The van der Waals surface area contributed by atoms with Crippen LogP contribution in [0.2, 0.25) is 0 Å². The highest BCUT2D eigenvalue weighted by Crippen LogP contribution is 2.25. The van der Waals surface area contributed by atoms with E-state index in [1.807, 2.05) is 53.7 Å². The maximum atomic E-state index is 12.9. The number of hydrogen-bond acceptors (Lipinski definition) is 4. The first-order chi connectivity index (χ1) is 12.6. The van der Waals surface area contributed by atoms with Crippen LogP contribution in [0.15, 0.2) is 41.5 Å². The molecule has 26 heavy (non-hydrogen) atoms. The van der Waals surface area contributed by atoms with E-state index in [2.05, 4.69) is 0 Å². The van der Waals surface area contributed by atoms with Crippen LogP contribution in [0.25, 0.3) is 11.1 Å². The minimum atomic E-state index is -0.542. The van der Waals surface area contributed by atoms with E-state index in [9.17, 15) is 9.59 Å². The molecule has 0 bridgehead atoms. The van der Waals surface area contributed by atoms with E-state index < -0.39 is 5.97 Å². The molecule has 1 aromatic carbocycles. The van der Waals surface area contributed by atoms with Crippen LogP contribution in [0.1, 0.15) is 35.7 Å². The smallest absolute Gasteiger partial charge is 0.343 e. The second-order valence-corrected chi connectivity index (χ2v) is 7.98. The summed E-state index contributed by atoms with van der Waals surface area (Å²) in [5, 5.41) is 0. The quantitative estimate of drug-likeness (QED) is 0.741. The highest BCUT2D eigenvalue weighted by atomic mass is 32.2. The Morgan fingerprint density at radius 3 is 2.54 bits per heavy atom. The summed E-state index contributed by atoms with van der Waals surface area (Å²) < 4.78 is 7.11. The van der Waals surface area contributed by atoms with Gasteiger partial charge in [-0.1, -0.05) is 29.8 Å². The van der Waals surface area contributed by atoms with Crippen molar-refractivity contribution in [1.82, 2.24) is 4.57 Å². The van der Waals surface area contributed by atoms with Crippen LogP contribution >= 0.6 is 11.8 Å². The lowest BCUT2D eigenvalue weighted by Gasteiger charge is -2.23. The van der Waals surface area contributed by atoms with Crippen LogP contribution in [0.5, 0.6) is 0 Å². The Hall–Kier alpha value is -2.01. The maximum absolute atomic E-state index is 12.9. The van der Waals surface area contributed by atoms with Gasteiger partial charge in [0.25, 0.3) is 0 Å². The van der Waals surface area contributed by atoms with E-state index in [-0.39, 0.29) is 17.6 Å². The third kappa shape index (κ3) is 4.39. The molecule has 2 aromatic rings. The van der Waals surface area contributed by atoms with Crippen LogP contribution in [0.3, 0.4) is 0 Å². The molecule has 1 aliphatic heterocycles. The standard InChI is InChI=1S/C21H25NO3S/c1-3-25-21(24)19-14-22(12-16-8-10-26-11-9-16)13-18(20(19)23)17-6-4-15(2)5-7-17/h4-7,13-14,16H,3,8-12H2,1-2H3. The number of carbonyl (C=O) groups excluding carboxylic acids is 1. The summed E-state index contributed by atoms with van der Waals surface area (Å²) in [6.45, 7) is 4.84. The SMILES string of the molecule is CCOC(=O)c1cn(CC2CCSCC2)cc(-c2ccc(C)cc2)c1=O. The minimum Gasteiger partial charge on any atom is -0.462 e. The van der Waals surface area contributed by atoms with E-state index in [4.69, 9.17) is 4.74 Å². The summed E-state index contributed by atoms with van der Waals surface area (Å²) >= 11 is 1.99. The lowest BCUT2D eigenvalue weighted by atomic mass is 10.0. The third-order valence-corrected chi connectivity index (χ3v) is 5.80. The number of benzene rings is 1. The fourth-order valence-electron chi connectivity index (χ4n) is 3.26. The lowest BCUT2D eigenvalue weighted by Crippen LogP contribution is -2.24. The van der Waals surface area contributed by atoms with Crippen molar-refractivity contribution in [2.75, 3.05) is 18.1 Å². The second kappa shape index (κ2) is 8.58. The summed E-state index contributed by atoms with van der Waals surface area (Å²) in [7, 11) is 0. The molecule has 0 atom stereocenters. The molecular weight excluding hydrogens is 346 g/mol. The molecule has 0 radical (unpaired) electrons. The molecule has 138 valence electrons. The molecule has 2 heterocycles. The van der Waals surface area contributed by atoms with E-state index in [1.165, 1.54) is 24.3 Å². The Kier molecular flexibility index (Phi) is 6.20. The van der Waals surface area contributed by atoms with Crippen molar-refractivity contribution in [2.45, 2.75) is 33.2 Å². The van der Waals surface area contributed by atoms with Gasteiger partial charge in [-0.15, -0.1) is 0 Å². The molecule has 4 nitrogen and oxygen atoms in total. The van der Waals surface area contributed by atoms with Gasteiger partial charge in [0.2, 0.25) is 5.43 Å². The van der Waals surface area contributed by atoms with Gasteiger partial charge in [-0.2, -0.15) is 11.8 Å². The van der Waals surface area contributed by atoms with Gasteiger partial charge in [0.15, 0.2) is 0 Å². The number of carbonyl (C=O) groups is 1. The number of ether oxygens (including phenoxy) is 1. The largest absolute Gasteiger partial charge is 0.462 e. The normalized spacial score (nSPS) is 15.0. The number of nitrogens with zero attached hydrogens (tertiary/aromatic N) is 1. The molecule has 0 unspecified atom stereocenters. The van der Waals surface area contributed by atoms with Gasteiger partial charge in [-0.25, -0.2) is 4.79 Å². The van der Waals surface area contributed by atoms with Crippen molar-refractivity contribution in [1.29, 1.82) is 0 Å². The fraction of sp³-hybridized carbons (Fsp3) is 0.429. The number of esters is 1. The average molecular weight is 372 g/mol. The monoisotopic (exact) mass is 371 g/mol. The zero-order valence-corrected chi connectivity index (χ0v) is 16.2. The molecule has 0 N–H and O–H groups in total. The lowest BCUT2D eigenvalue weighted by molar-refractivity contribution is 0.0523. The van der Waals surface area contributed by atoms with Crippen molar-refractivity contribution in [3.05, 3.63) is 58.0 Å². The molecular formula is C21H25NO3S. The van der Waals surface area contributed by atoms with Gasteiger partial charge < -0.3 is 9.30 Å². The molecule has 0 aliphatic carbocycles. The van der Waals surface area contributed by atoms with Crippen molar-refractivity contribution in [3.8, 4) is 11.1 Å². The summed E-state index contributed by atoms with van der Waals surface area (Å²) in [6.07, 6.45) is 5.90. The number of thioether (sulfide) groups is 1. The van der Waals surface area contributed by atoms with Crippen LogP contribution in [0, 0.1) is 12.8 Å². The second-order valence-electron chi connectivity index (χ2n) is 6.75. The maximum Gasteiger partial charge on any atom is 0.343 e. The summed E-state index contributed by atoms with van der Waals surface area (Å²) in [5.74, 6) is 2.40. The minimum absolute atomic E-state index is 0.120. The van der Waals surface area contributed by atoms with Crippen LogP contribution in [-0.2, 0) is 11.3 Å². The van der Waals surface area contributed by atoms with Crippen LogP contribution in [0.4, 0.5) is 0 Å². The highest BCUT2D eigenvalue weighted by molar-refractivity contribution is 7.99. The third-order valence-electron chi connectivity index (χ3n) is 4.75. The topological polar surface area (TPSA) is 48.3 Å². The molecule has 1 fully saturated rings. The van der Waals surface area contributed by atoms with Crippen molar-refractivity contribution < 1.29 is 9.53 Å². The predicted molar refractivity (Wildman–Crippen MR) is 107 cm³/mol. The van der Waals surface area contributed by atoms with E-state index in [1.54, 1.807) is 13.1 Å². The molecule has 0 amide bonds. The molecule has 0 spiro atoms. The number of aryl methyl sites for hydroxylation is 1. The van der Waals surface area contributed by atoms with E-state index in [0.29, 0.717) is 11.5 Å². The Bertz CT molecular complexity index is 820. The highest BCUT2D eigenvalue weighted by Gasteiger charge is 2.19. The first-order valence-corrected chi connectivity index (χ1v) is 10.3. The first kappa shape index (κ1) is 18.8. The van der Waals surface area contributed by atoms with Gasteiger partial charge in [0.05, 0.1) is 6.61 Å². The van der Waals surface area contributed by atoms with Crippen molar-refractivity contribution in [3.63, 3.8) is 0 Å². The molecule has 1 saturated heterocycles. The summed E-state index contributed by atoms with van der Waals surface area (Å²) in [6, 6.07) is 7.83. The van der Waals surface area contributed by atoms with Gasteiger partial charge in [0, 0.05) is 24.5 Å². The molecule has 5 heteroatoms.